The molecule has 0 aromatic rings. The molecule has 1 saturated heterocycles. The number of nitrogens with zero attached hydrogens (tertiary/aromatic N) is 1. The SMILES string of the molecule is CCOC1CCN(C2CC(C)CCC2C(=O)O)CC1. The van der Waals surface area contributed by atoms with Crippen LogP contribution in [0.15, 0.2) is 0 Å². The van der Waals surface area contributed by atoms with E-state index in [9.17, 15) is 9.90 Å². The second kappa shape index (κ2) is 6.71. The largest absolute Gasteiger partial charge is 0.481 e. The Balaban J connectivity index is 1.93. The molecule has 3 atom stereocenters. The minimum absolute atomic E-state index is 0.167. The maximum atomic E-state index is 11.4. The Kier molecular flexibility index (Phi) is 5.22. The maximum Gasteiger partial charge on any atom is 0.308 e. The summed E-state index contributed by atoms with van der Waals surface area (Å²) in [5, 5.41) is 9.41. The van der Waals surface area contributed by atoms with E-state index in [4.69, 9.17) is 4.74 Å². The summed E-state index contributed by atoms with van der Waals surface area (Å²) in [5.41, 5.74) is 0. The number of ether oxygens (including phenoxy) is 1. The van der Waals surface area contributed by atoms with Gasteiger partial charge in [0.1, 0.15) is 0 Å². The van der Waals surface area contributed by atoms with Gasteiger partial charge in [-0.2, -0.15) is 0 Å². The summed E-state index contributed by atoms with van der Waals surface area (Å²) >= 11 is 0. The molecule has 1 aliphatic heterocycles. The van der Waals surface area contributed by atoms with Crippen molar-refractivity contribution >= 4 is 5.97 Å². The number of carbonyl (C=O) groups is 1. The van der Waals surface area contributed by atoms with E-state index in [0.29, 0.717) is 12.0 Å². The standard InChI is InChI=1S/C15H27NO3/c1-3-19-12-6-8-16(9-7-12)14-10-11(2)4-5-13(14)15(17)18/h11-14H,3-10H2,1-2H3,(H,17,18). The smallest absolute Gasteiger partial charge is 0.308 e. The highest BCUT2D eigenvalue weighted by Gasteiger charge is 2.38. The zero-order valence-electron chi connectivity index (χ0n) is 12.2. The molecular formula is C15H27NO3. The molecule has 0 amide bonds. The minimum atomic E-state index is -0.608. The fourth-order valence-electron chi connectivity index (χ4n) is 3.65. The molecule has 0 bridgehead atoms. The predicted octanol–water partition coefficient (Wildman–Crippen LogP) is 2.38. The fourth-order valence-corrected chi connectivity index (χ4v) is 3.65. The average Bonchev–Trinajstić information content (AvgIpc) is 2.39. The molecule has 1 saturated carbocycles. The Morgan fingerprint density at radius 2 is 1.95 bits per heavy atom. The number of likely N-dealkylation sites (tertiary alicyclic amines) is 1. The lowest BCUT2D eigenvalue weighted by molar-refractivity contribution is -0.146. The summed E-state index contributed by atoms with van der Waals surface area (Å²) in [6.45, 7) is 7.05. The molecular weight excluding hydrogens is 242 g/mol. The van der Waals surface area contributed by atoms with E-state index >= 15 is 0 Å². The Hall–Kier alpha value is -0.610. The van der Waals surface area contributed by atoms with Crippen molar-refractivity contribution in [2.75, 3.05) is 19.7 Å². The molecule has 4 nitrogen and oxygen atoms in total. The number of rotatable bonds is 4. The van der Waals surface area contributed by atoms with Gasteiger partial charge in [0.15, 0.2) is 0 Å². The Bertz CT molecular complexity index is 300. The van der Waals surface area contributed by atoms with E-state index in [-0.39, 0.29) is 12.0 Å². The highest BCUT2D eigenvalue weighted by Crippen LogP contribution is 2.34. The van der Waals surface area contributed by atoms with Crippen molar-refractivity contribution in [1.29, 1.82) is 0 Å². The van der Waals surface area contributed by atoms with Crippen molar-refractivity contribution in [3.8, 4) is 0 Å². The minimum Gasteiger partial charge on any atom is -0.481 e. The van der Waals surface area contributed by atoms with Crippen LogP contribution in [0.1, 0.15) is 46.0 Å². The van der Waals surface area contributed by atoms with E-state index < -0.39 is 5.97 Å². The first-order valence-electron chi connectivity index (χ1n) is 7.70. The van der Waals surface area contributed by atoms with Crippen LogP contribution in [0.5, 0.6) is 0 Å². The van der Waals surface area contributed by atoms with Gasteiger partial charge in [-0.15, -0.1) is 0 Å². The van der Waals surface area contributed by atoms with Crippen LogP contribution < -0.4 is 0 Å². The fraction of sp³-hybridized carbons (Fsp3) is 0.933. The van der Waals surface area contributed by atoms with Crippen LogP contribution in [0.3, 0.4) is 0 Å². The molecule has 2 rings (SSSR count). The molecule has 4 heteroatoms. The van der Waals surface area contributed by atoms with Crippen LogP contribution in [-0.4, -0.2) is 47.8 Å². The third-order valence-electron chi connectivity index (χ3n) is 4.74. The van der Waals surface area contributed by atoms with Gasteiger partial charge in [-0.05, 0) is 44.9 Å². The van der Waals surface area contributed by atoms with E-state index in [1.807, 2.05) is 6.92 Å². The Morgan fingerprint density at radius 1 is 1.26 bits per heavy atom. The van der Waals surface area contributed by atoms with Crippen LogP contribution in [-0.2, 0) is 9.53 Å². The van der Waals surface area contributed by atoms with Gasteiger partial charge in [0.05, 0.1) is 12.0 Å². The molecule has 3 unspecified atom stereocenters. The molecule has 2 aliphatic rings. The lowest BCUT2D eigenvalue weighted by atomic mass is 9.77. The van der Waals surface area contributed by atoms with Crippen LogP contribution in [0.4, 0.5) is 0 Å². The summed E-state index contributed by atoms with van der Waals surface area (Å²) in [5.74, 6) is -0.117. The van der Waals surface area contributed by atoms with Crippen LogP contribution in [0, 0.1) is 11.8 Å². The van der Waals surface area contributed by atoms with E-state index in [2.05, 4.69) is 11.8 Å². The van der Waals surface area contributed by atoms with Gasteiger partial charge in [-0.25, -0.2) is 0 Å². The average molecular weight is 269 g/mol. The number of hydrogen-bond acceptors (Lipinski definition) is 3. The van der Waals surface area contributed by atoms with Crippen molar-refractivity contribution < 1.29 is 14.6 Å². The van der Waals surface area contributed by atoms with Crippen molar-refractivity contribution in [3.05, 3.63) is 0 Å². The summed E-state index contributed by atoms with van der Waals surface area (Å²) in [6, 6.07) is 0.240. The second-order valence-corrected chi connectivity index (χ2v) is 6.12. The highest BCUT2D eigenvalue weighted by atomic mass is 16.5. The Labute approximate surface area is 116 Å². The summed E-state index contributed by atoms with van der Waals surface area (Å²) in [4.78, 5) is 13.8. The Morgan fingerprint density at radius 3 is 2.53 bits per heavy atom. The summed E-state index contributed by atoms with van der Waals surface area (Å²) < 4.78 is 5.67. The molecule has 110 valence electrons. The van der Waals surface area contributed by atoms with E-state index in [0.717, 1.165) is 51.8 Å². The van der Waals surface area contributed by atoms with Gasteiger partial charge in [0, 0.05) is 25.7 Å². The third kappa shape index (κ3) is 3.69. The lowest BCUT2D eigenvalue weighted by Crippen LogP contribution is -2.50. The molecule has 0 aromatic carbocycles. The molecule has 0 aromatic heterocycles. The van der Waals surface area contributed by atoms with Gasteiger partial charge in [-0.1, -0.05) is 6.92 Å². The maximum absolute atomic E-state index is 11.4. The molecule has 1 heterocycles. The zero-order valence-corrected chi connectivity index (χ0v) is 12.2. The topological polar surface area (TPSA) is 49.8 Å². The molecule has 1 N–H and O–H groups in total. The molecule has 19 heavy (non-hydrogen) atoms. The van der Waals surface area contributed by atoms with E-state index in [1.54, 1.807) is 0 Å². The van der Waals surface area contributed by atoms with Crippen LogP contribution in [0.2, 0.25) is 0 Å². The molecule has 0 spiro atoms. The predicted molar refractivity (Wildman–Crippen MR) is 74.1 cm³/mol. The summed E-state index contributed by atoms with van der Waals surface area (Å²) in [6.07, 6.45) is 5.41. The van der Waals surface area contributed by atoms with Gasteiger partial charge in [0.2, 0.25) is 0 Å². The van der Waals surface area contributed by atoms with Gasteiger partial charge in [0.25, 0.3) is 0 Å². The first-order valence-corrected chi connectivity index (χ1v) is 7.70. The first-order chi connectivity index (χ1) is 9.11. The van der Waals surface area contributed by atoms with Crippen molar-refractivity contribution in [1.82, 2.24) is 4.90 Å². The number of carboxylic acids is 1. The number of aliphatic carboxylic acids is 1. The third-order valence-corrected chi connectivity index (χ3v) is 4.74. The molecule has 2 fully saturated rings. The number of piperidine rings is 1. The molecule has 1 aliphatic carbocycles. The van der Waals surface area contributed by atoms with Gasteiger partial charge in [-0.3, -0.25) is 9.69 Å². The van der Waals surface area contributed by atoms with Gasteiger partial charge < -0.3 is 9.84 Å². The van der Waals surface area contributed by atoms with Crippen LogP contribution >= 0.6 is 0 Å². The number of carboxylic acid groups (broad SMARTS) is 1. The van der Waals surface area contributed by atoms with Crippen molar-refractivity contribution in [3.63, 3.8) is 0 Å². The lowest BCUT2D eigenvalue weighted by Gasteiger charge is -2.43. The highest BCUT2D eigenvalue weighted by molar-refractivity contribution is 5.71. The normalized spacial score (nSPS) is 34.3. The van der Waals surface area contributed by atoms with E-state index in [1.165, 1.54) is 0 Å². The van der Waals surface area contributed by atoms with Crippen molar-refractivity contribution in [2.24, 2.45) is 11.8 Å². The van der Waals surface area contributed by atoms with Crippen molar-refractivity contribution in [2.45, 2.75) is 58.1 Å². The second-order valence-electron chi connectivity index (χ2n) is 6.12. The summed E-state index contributed by atoms with van der Waals surface area (Å²) in [7, 11) is 0. The van der Waals surface area contributed by atoms with Gasteiger partial charge >= 0.3 is 5.97 Å². The quantitative estimate of drug-likeness (QED) is 0.851. The first kappa shape index (κ1) is 14.8. The van der Waals surface area contributed by atoms with Crippen LogP contribution in [0.25, 0.3) is 0 Å². The monoisotopic (exact) mass is 269 g/mol. The molecule has 0 radical (unpaired) electrons. The zero-order chi connectivity index (χ0) is 13.8. The number of hydrogen-bond donors (Lipinski definition) is 1.